The van der Waals surface area contributed by atoms with E-state index in [-0.39, 0.29) is 5.78 Å². The third-order valence-corrected chi connectivity index (χ3v) is 4.48. The van der Waals surface area contributed by atoms with Crippen LogP contribution in [0, 0.1) is 10.8 Å². The van der Waals surface area contributed by atoms with Gasteiger partial charge in [0.1, 0.15) is 5.41 Å². The third-order valence-electron chi connectivity index (χ3n) is 4.48. The number of ether oxygens (including phenoxy) is 1. The monoisotopic (exact) mass is 275 g/mol. The molecular formula is C16H21NO3. The molecule has 4 nitrogen and oxygen atoms in total. The van der Waals surface area contributed by atoms with E-state index in [0.717, 1.165) is 0 Å². The van der Waals surface area contributed by atoms with E-state index in [2.05, 4.69) is 4.98 Å². The van der Waals surface area contributed by atoms with E-state index in [1.165, 1.54) is 0 Å². The lowest BCUT2D eigenvalue weighted by Crippen LogP contribution is -2.54. The van der Waals surface area contributed by atoms with Crippen LogP contribution in [0.2, 0.25) is 0 Å². The molecule has 1 aliphatic rings. The van der Waals surface area contributed by atoms with Crippen LogP contribution >= 0.6 is 0 Å². The van der Waals surface area contributed by atoms with E-state index >= 15 is 0 Å². The van der Waals surface area contributed by atoms with E-state index < -0.39 is 22.9 Å². The van der Waals surface area contributed by atoms with E-state index in [0.29, 0.717) is 18.5 Å². The first-order chi connectivity index (χ1) is 9.40. The van der Waals surface area contributed by atoms with Gasteiger partial charge < -0.3 is 4.74 Å². The van der Waals surface area contributed by atoms with Crippen LogP contribution in [0.1, 0.15) is 52.3 Å². The number of nitrogens with zero attached hydrogens (tertiary/aromatic N) is 1. The van der Waals surface area contributed by atoms with Gasteiger partial charge in [-0.1, -0.05) is 19.9 Å². The second-order valence-electron chi connectivity index (χ2n) is 5.86. The lowest BCUT2D eigenvalue weighted by atomic mass is 9.62. The summed E-state index contributed by atoms with van der Waals surface area (Å²) < 4.78 is 5.63. The Morgan fingerprint density at radius 3 is 2.35 bits per heavy atom. The zero-order valence-electron chi connectivity index (χ0n) is 12.5. The van der Waals surface area contributed by atoms with Crippen molar-refractivity contribution < 1.29 is 14.3 Å². The minimum absolute atomic E-state index is 0.0399. The minimum atomic E-state index is -1.09. The Kier molecular flexibility index (Phi) is 3.67. The molecule has 1 aromatic heterocycles. The summed E-state index contributed by atoms with van der Waals surface area (Å²) in [7, 11) is 0. The lowest BCUT2D eigenvalue weighted by molar-refractivity contribution is -0.190. The maximum Gasteiger partial charge on any atom is 0.319 e. The fourth-order valence-electron chi connectivity index (χ4n) is 3.02. The van der Waals surface area contributed by atoms with Gasteiger partial charge in [0.2, 0.25) is 0 Å². The molecule has 0 radical (unpaired) electrons. The Labute approximate surface area is 119 Å². The van der Waals surface area contributed by atoms with E-state index in [4.69, 9.17) is 4.74 Å². The number of ketones is 1. The SMILES string of the molecule is CCC1(CC)C(=O)C(C)(C)C(=O)O[C@@H]1c1ccccn1. The summed E-state index contributed by atoms with van der Waals surface area (Å²) in [6, 6.07) is 5.46. The normalized spacial score (nSPS) is 24.3. The Morgan fingerprint density at radius 2 is 1.85 bits per heavy atom. The standard InChI is InChI=1S/C16H21NO3/c1-5-16(6-2)12(11-9-7-8-10-17-11)20-14(19)15(3,4)13(16)18/h7-10,12H,5-6H2,1-4H3/t12-/m1/s1. The first-order valence-electron chi connectivity index (χ1n) is 7.07. The second kappa shape index (κ2) is 5.00. The first kappa shape index (κ1) is 14.7. The van der Waals surface area contributed by atoms with Crippen molar-refractivity contribution in [1.29, 1.82) is 0 Å². The van der Waals surface area contributed by atoms with E-state index in [1.54, 1.807) is 26.1 Å². The van der Waals surface area contributed by atoms with Gasteiger partial charge in [-0.05, 0) is 38.8 Å². The van der Waals surface area contributed by atoms with E-state index in [9.17, 15) is 9.59 Å². The molecule has 2 rings (SSSR count). The van der Waals surface area contributed by atoms with Crippen LogP contribution in [0.4, 0.5) is 0 Å². The van der Waals surface area contributed by atoms with Crippen LogP contribution in [0.15, 0.2) is 24.4 Å². The number of hydrogen-bond acceptors (Lipinski definition) is 4. The molecule has 1 atom stereocenters. The Hall–Kier alpha value is -1.71. The van der Waals surface area contributed by atoms with Crippen molar-refractivity contribution in [1.82, 2.24) is 4.98 Å². The maximum absolute atomic E-state index is 12.9. The van der Waals surface area contributed by atoms with Crippen molar-refractivity contribution in [2.24, 2.45) is 10.8 Å². The number of aromatic nitrogens is 1. The topological polar surface area (TPSA) is 56.3 Å². The molecule has 108 valence electrons. The van der Waals surface area contributed by atoms with Crippen LogP contribution in [0.25, 0.3) is 0 Å². The number of cyclic esters (lactones) is 1. The fraction of sp³-hybridized carbons (Fsp3) is 0.562. The number of esters is 1. The summed E-state index contributed by atoms with van der Waals surface area (Å²) in [5.74, 6) is -0.502. The average molecular weight is 275 g/mol. The molecule has 0 aliphatic carbocycles. The third kappa shape index (κ3) is 1.94. The molecule has 1 aliphatic heterocycles. The zero-order valence-corrected chi connectivity index (χ0v) is 12.5. The van der Waals surface area contributed by atoms with Crippen molar-refractivity contribution >= 4 is 11.8 Å². The largest absolute Gasteiger partial charge is 0.454 e. The number of carbonyl (C=O) groups is 2. The molecule has 0 bridgehead atoms. The molecule has 0 aromatic carbocycles. The molecular weight excluding hydrogens is 254 g/mol. The van der Waals surface area contributed by atoms with Crippen molar-refractivity contribution in [3.63, 3.8) is 0 Å². The average Bonchev–Trinajstić information content (AvgIpc) is 2.47. The first-order valence-corrected chi connectivity index (χ1v) is 7.07. The van der Waals surface area contributed by atoms with Crippen molar-refractivity contribution in [2.45, 2.75) is 46.6 Å². The predicted octanol–water partition coefficient (Wildman–Crippen LogP) is 3.08. The molecule has 2 heterocycles. The van der Waals surface area contributed by atoms with Gasteiger partial charge >= 0.3 is 5.97 Å². The Morgan fingerprint density at radius 1 is 1.20 bits per heavy atom. The van der Waals surface area contributed by atoms with Gasteiger partial charge in [0, 0.05) is 6.20 Å². The van der Waals surface area contributed by atoms with Gasteiger partial charge in [0.05, 0.1) is 11.1 Å². The fourth-order valence-corrected chi connectivity index (χ4v) is 3.02. The van der Waals surface area contributed by atoms with Gasteiger partial charge in [0.15, 0.2) is 11.9 Å². The highest BCUT2D eigenvalue weighted by Gasteiger charge is 2.58. The number of rotatable bonds is 3. The van der Waals surface area contributed by atoms with Gasteiger partial charge in [-0.3, -0.25) is 14.6 Å². The molecule has 0 amide bonds. The number of pyridine rings is 1. The highest BCUT2D eigenvalue weighted by molar-refractivity contribution is 6.07. The molecule has 20 heavy (non-hydrogen) atoms. The second-order valence-corrected chi connectivity index (χ2v) is 5.86. The summed E-state index contributed by atoms with van der Waals surface area (Å²) in [5.41, 5.74) is -1.13. The summed E-state index contributed by atoms with van der Waals surface area (Å²) in [6.45, 7) is 7.22. The molecule has 1 fully saturated rings. The molecule has 1 saturated heterocycles. The van der Waals surface area contributed by atoms with Crippen LogP contribution in [-0.4, -0.2) is 16.7 Å². The molecule has 1 aromatic rings. The number of Topliss-reactive ketones (excluding diaryl/α,β-unsaturated/α-hetero) is 1. The maximum atomic E-state index is 12.9. The highest BCUT2D eigenvalue weighted by atomic mass is 16.5. The quantitative estimate of drug-likeness (QED) is 0.628. The van der Waals surface area contributed by atoms with Crippen molar-refractivity contribution in [3.05, 3.63) is 30.1 Å². The van der Waals surface area contributed by atoms with E-state index in [1.807, 2.05) is 26.0 Å². The van der Waals surface area contributed by atoms with Crippen molar-refractivity contribution in [2.75, 3.05) is 0 Å². The van der Waals surface area contributed by atoms with Gasteiger partial charge in [0.25, 0.3) is 0 Å². The van der Waals surface area contributed by atoms with Crippen LogP contribution in [0.3, 0.4) is 0 Å². The van der Waals surface area contributed by atoms with Gasteiger partial charge in [-0.2, -0.15) is 0 Å². The Balaban J connectivity index is 2.56. The minimum Gasteiger partial charge on any atom is -0.454 e. The smallest absolute Gasteiger partial charge is 0.319 e. The highest BCUT2D eigenvalue weighted by Crippen LogP contribution is 2.51. The van der Waals surface area contributed by atoms with Crippen LogP contribution < -0.4 is 0 Å². The molecule has 0 unspecified atom stereocenters. The number of hydrogen-bond donors (Lipinski definition) is 0. The summed E-state index contributed by atoms with van der Waals surface area (Å²) in [4.78, 5) is 29.3. The summed E-state index contributed by atoms with van der Waals surface area (Å²) >= 11 is 0. The molecule has 0 spiro atoms. The number of carbonyl (C=O) groups excluding carboxylic acids is 2. The van der Waals surface area contributed by atoms with Crippen molar-refractivity contribution in [3.8, 4) is 0 Å². The van der Waals surface area contributed by atoms with Crippen LogP contribution in [-0.2, 0) is 14.3 Å². The predicted molar refractivity (Wildman–Crippen MR) is 74.9 cm³/mol. The van der Waals surface area contributed by atoms with Gasteiger partial charge in [-0.25, -0.2) is 0 Å². The summed E-state index contributed by atoms with van der Waals surface area (Å²) in [5, 5.41) is 0. The zero-order chi connectivity index (χ0) is 15.0. The Bertz CT molecular complexity index is 518. The molecule has 0 saturated carbocycles. The van der Waals surface area contributed by atoms with Crippen LogP contribution in [0.5, 0.6) is 0 Å². The van der Waals surface area contributed by atoms with Gasteiger partial charge in [-0.15, -0.1) is 0 Å². The summed E-state index contributed by atoms with van der Waals surface area (Å²) in [6.07, 6.45) is 2.32. The molecule has 0 N–H and O–H groups in total. The molecule has 4 heteroatoms. The lowest BCUT2D eigenvalue weighted by Gasteiger charge is -2.46.